The first-order valence-corrected chi connectivity index (χ1v) is 9.83. The van der Waals surface area contributed by atoms with Gasteiger partial charge in [-0.3, -0.25) is 5.10 Å². The molecule has 4 rings (SSSR count). The van der Waals surface area contributed by atoms with Crippen molar-refractivity contribution >= 4 is 17.7 Å². The van der Waals surface area contributed by atoms with Gasteiger partial charge in [-0.25, -0.2) is 13.8 Å². The number of hydrogen-bond acceptors (Lipinski definition) is 4. The Bertz CT molecular complexity index is 1090. The molecule has 1 aliphatic rings. The number of rotatable bonds is 5. The number of aromatic nitrogens is 2. The van der Waals surface area contributed by atoms with E-state index >= 15 is 0 Å². The van der Waals surface area contributed by atoms with Crippen molar-refractivity contribution in [2.24, 2.45) is 4.99 Å². The van der Waals surface area contributed by atoms with Crippen LogP contribution < -0.4 is 9.64 Å². The van der Waals surface area contributed by atoms with Gasteiger partial charge < -0.3 is 9.64 Å². The van der Waals surface area contributed by atoms with Crippen LogP contribution in [-0.4, -0.2) is 23.6 Å². The van der Waals surface area contributed by atoms with E-state index in [1.165, 1.54) is 19.1 Å². The van der Waals surface area contributed by atoms with Crippen molar-refractivity contribution in [3.8, 4) is 17.0 Å². The number of aliphatic imine (C=N–C) groups is 1. The third-order valence-electron chi connectivity index (χ3n) is 5.61. The summed E-state index contributed by atoms with van der Waals surface area (Å²) in [5, 5.41) is 7.61. The second kappa shape index (κ2) is 7.23. The van der Waals surface area contributed by atoms with Crippen molar-refractivity contribution in [3.05, 3.63) is 59.8 Å². The van der Waals surface area contributed by atoms with Crippen molar-refractivity contribution in [1.82, 2.24) is 10.2 Å². The van der Waals surface area contributed by atoms with Crippen LogP contribution in [0.25, 0.3) is 11.3 Å². The number of nitrogens with zero attached hydrogens (tertiary/aromatic N) is 3. The Morgan fingerprint density at radius 2 is 1.87 bits per heavy atom. The molecule has 5 nitrogen and oxygen atoms in total. The molecule has 156 valence electrons. The average molecular weight is 410 g/mol. The molecule has 30 heavy (non-hydrogen) atoms. The van der Waals surface area contributed by atoms with E-state index in [1.807, 2.05) is 49.1 Å². The number of alkyl halides is 2. The van der Waals surface area contributed by atoms with Gasteiger partial charge in [0.1, 0.15) is 17.1 Å². The van der Waals surface area contributed by atoms with Gasteiger partial charge in [-0.15, -0.1) is 0 Å². The Labute approximate surface area is 174 Å². The van der Waals surface area contributed by atoms with Crippen LogP contribution in [0, 0.1) is 0 Å². The Morgan fingerprint density at radius 1 is 1.13 bits per heavy atom. The maximum Gasteiger partial charge on any atom is 0.273 e. The fourth-order valence-electron chi connectivity index (χ4n) is 3.70. The lowest BCUT2D eigenvalue weighted by atomic mass is 9.93. The predicted octanol–water partition coefficient (Wildman–Crippen LogP) is 6.00. The third-order valence-corrected chi connectivity index (χ3v) is 5.61. The SMILES string of the molecule is CCC(F)(F)c1cccc(N2C=Nc3c(-c4ccc(OC)cc4)n[nH]c3C2(C)C)c1. The summed E-state index contributed by atoms with van der Waals surface area (Å²) in [6.45, 7) is 5.51. The average Bonchev–Trinajstić information content (AvgIpc) is 3.19. The molecule has 1 N–H and O–H groups in total. The number of methoxy groups -OCH3 is 1. The number of aromatic amines is 1. The van der Waals surface area contributed by atoms with Gasteiger partial charge in [0.25, 0.3) is 5.92 Å². The standard InChI is InChI=1S/C23H24F2N4O/c1-5-23(24,25)16-7-6-8-17(13-16)29-14-26-20-19(27-28-21(20)22(29,2)3)15-9-11-18(30-4)12-10-15/h6-14H,5H2,1-4H3,(H,27,28). The van der Waals surface area contributed by atoms with Crippen molar-refractivity contribution in [2.75, 3.05) is 12.0 Å². The van der Waals surface area contributed by atoms with E-state index in [4.69, 9.17) is 4.74 Å². The van der Waals surface area contributed by atoms with E-state index in [2.05, 4.69) is 15.2 Å². The third kappa shape index (κ3) is 3.24. The number of halogens is 2. The maximum absolute atomic E-state index is 14.2. The number of nitrogens with one attached hydrogen (secondary N) is 1. The van der Waals surface area contributed by atoms with Crippen LogP contribution in [-0.2, 0) is 11.5 Å². The summed E-state index contributed by atoms with van der Waals surface area (Å²) in [6.07, 6.45) is 1.44. The smallest absolute Gasteiger partial charge is 0.273 e. The van der Waals surface area contributed by atoms with Gasteiger partial charge in [-0.1, -0.05) is 19.1 Å². The van der Waals surface area contributed by atoms with Crippen molar-refractivity contribution in [1.29, 1.82) is 0 Å². The zero-order valence-electron chi connectivity index (χ0n) is 17.4. The Balaban J connectivity index is 1.73. The van der Waals surface area contributed by atoms with Crippen LogP contribution in [0.3, 0.4) is 0 Å². The zero-order chi connectivity index (χ0) is 21.5. The summed E-state index contributed by atoms with van der Waals surface area (Å²) in [5.41, 5.74) is 3.32. The summed E-state index contributed by atoms with van der Waals surface area (Å²) in [4.78, 5) is 6.52. The van der Waals surface area contributed by atoms with Crippen LogP contribution in [0.2, 0.25) is 0 Å². The summed E-state index contributed by atoms with van der Waals surface area (Å²) in [5.74, 6) is -2.10. The van der Waals surface area contributed by atoms with Gasteiger partial charge in [0.2, 0.25) is 0 Å². The maximum atomic E-state index is 14.2. The fraction of sp³-hybridized carbons (Fsp3) is 0.304. The minimum Gasteiger partial charge on any atom is -0.497 e. The van der Waals surface area contributed by atoms with Crippen molar-refractivity contribution < 1.29 is 13.5 Å². The van der Waals surface area contributed by atoms with E-state index in [9.17, 15) is 8.78 Å². The molecule has 2 aromatic carbocycles. The number of hydrogen-bond donors (Lipinski definition) is 1. The normalized spacial score (nSPS) is 15.2. The van der Waals surface area contributed by atoms with Gasteiger partial charge in [0, 0.05) is 23.2 Å². The van der Waals surface area contributed by atoms with Gasteiger partial charge in [0.05, 0.1) is 24.7 Å². The molecule has 0 unspecified atom stereocenters. The molecular weight excluding hydrogens is 386 g/mol. The second-order valence-corrected chi connectivity index (χ2v) is 7.81. The quantitative estimate of drug-likeness (QED) is 0.561. The minimum atomic E-state index is -2.87. The summed E-state index contributed by atoms with van der Waals surface area (Å²) < 4.78 is 33.7. The first-order chi connectivity index (χ1) is 14.3. The summed E-state index contributed by atoms with van der Waals surface area (Å²) in [7, 11) is 1.62. The van der Waals surface area contributed by atoms with E-state index in [-0.39, 0.29) is 12.0 Å². The summed E-state index contributed by atoms with van der Waals surface area (Å²) in [6, 6.07) is 14.1. The first kappa shape index (κ1) is 20.1. The molecule has 3 aromatic rings. The molecule has 0 spiro atoms. The molecule has 0 fully saturated rings. The molecule has 0 radical (unpaired) electrons. The second-order valence-electron chi connectivity index (χ2n) is 7.81. The van der Waals surface area contributed by atoms with Crippen LogP contribution in [0.15, 0.2) is 53.5 Å². The van der Waals surface area contributed by atoms with Gasteiger partial charge in [-0.2, -0.15) is 5.10 Å². The fourth-order valence-corrected chi connectivity index (χ4v) is 3.70. The molecule has 0 amide bonds. The van der Waals surface area contributed by atoms with Gasteiger partial charge in [-0.05, 0) is 50.2 Å². The van der Waals surface area contributed by atoms with Crippen LogP contribution in [0.5, 0.6) is 5.75 Å². The lowest BCUT2D eigenvalue weighted by Gasteiger charge is -2.39. The number of ether oxygens (including phenoxy) is 1. The van der Waals surface area contributed by atoms with E-state index < -0.39 is 11.5 Å². The summed E-state index contributed by atoms with van der Waals surface area (Å²) >= 11 is 0. The van der Waals surface area contributed by atoms with Crippen molar-refractivity contribution in [3.63, 3.8) is 0 Å². The number of benzene rings is 2. The predicted molar refractivity (Wildman–Crippen MR) is 115 cm³/mol. The van der Waals surface area contributed by atoms with E-state index in [0.717, 1.165) is 28.4 Å². The topological polar surface area (TPSA) is 53.5 Å². The lowest BCUT2D eigenvalue weighted by molar-refractivity contribution is -0.00825. The molecule has 2 heterocycles. The van der Waals surface area contributed by atoms with Crippen LogP contribution in [0.1, 0.15) is 38.4 Å². The largest absolute Gasteiger partial charge is 0.497 e. The zero-order valence-corrected chi connectivity index (χ0v) is 17.4. The Kier molecular flexibility index (Phi) is 4.84. The molecule has 7 heteroatoms. The number of fused-ring (bicyclic) bond motifs is 1. The van der Waals surface area contributed by atoms with Crippen LogP contribution in [0.4, 0.5) is 20.2 Å². The Morgan fingerprint density at radius 3 is 2.53 bits per heavy atom. The molecular formula is C23H24F2N4O. The van der Waals surface area contributed by atoms with Crippen molar-refractivity contribution in [2.45, 2.75) is 38.7 Å². The highest BCUT2D eigenvalue weighted by Gasteiger charge is 2.38. The lowest BCUT2D eigenvalue weighted by Crippen LogP contribution is -2.43. The van der Waals surface area contributed by atoms with E-state index in [0.29, 0.717) is 5.69 Å². The molecule has 1 aromatic heterocycles. The molecule has 0 saturated carbocycles. The molecule has 1 aliphatic heterocycles. The first-order valence-electron chi connectivity index (χ1n) is 9.83. The molecule has 0 bridgehead atoms. The van der Waals surface area contributed by atoms with Gasteiger partial charge in [0.15, 0.2) is 0 Å². The van der Waals surface area contributed by atoms with Gasteiger partial charge >= 0.3 is 0 Å². The molecule has 0 saturated heterocycles. The molecule has 0 aliphatic carbocycles. The highest BCUT2D eigenvalue weighted by Crippen LogP contribution is 2.44. The highest BCUT2D eigenvalue weighted by atomic mass is 19.3. The monoisotopic (exact) mass is 410 g/mol. The minimum absolute atomic E-state index is 0.000953. The number of H-pyrrole nitrogens is 1. The number of anilines is 1. The Hall–Kier alpha value is -3.22. The van der Waals surface area contributed by atoms with E-state index in [1.54, 1.807) is 19.5 Å². The molecule has 0 atom stereocenters. The van der Waals surface area contributed by atoms with Crippen LogP contribution >= 0.6 is 0 Å². The highest BCUT2D eigenvalue weighted by molar-refractivity contribution is 5.90.